The van der Waals surface area contributed by atoms with Crippen molar-refractivity contribution < 1.29 is 32.2 Å². The lowest BCUT2D eigenvalue weighted by Crippen LogP contribution is -2.19. The summed E-state index contributed by atoms with van der Waals surface area (Å²) in [6.45, 7) is 0.0819. The van der Waals surface area contributed by atoms with Gasteiger partial charge < -0.3 is 19.9 Å². The van der Waals surface area contributed by atoms with Crippen LogP contribution < -0.4 is 10.5 Å². The molecule has 0 heterocycles. The largest absolute Gasteiger partial charge is 0.490 e. The molecule has 0 radical (unpaired) electrons. The van der Waals surface area contributed by atoms with Gasteiger partial charge in [-0.1, -0.05) is 0 Å². The van der Waals surface area contributed by atoms with Gasteiger partial charge in [-0.05, 0) is 19.1 Å². The topological polar surface area (TPSA) is 70.8 Å². The number of ether oxygens (including phenoxy) is 3. The van der Waals surface area contributed by atoms with E-state index < -0.39 is 18.8 Å². The van der Waals surface area contributed by atoms with E-state index in [1.165, 1.54) is 18.2 Å². The van der Waals surface area contributed by atoms with E-state index >= 15 is 0 Å². The minimum absolute atomic E-state index is 0.143. The van der Waals surface area contributed by atoms with Crippen LogP contribution in [0.25, 0.3) is 0 Å². The van der Waals surface area contributed by atoms with Crippen molar-refractivity contribution in [2.75, 3.05) is 32.2 Å². The second-order valence-corrected chi connectivity index (χ2v) is 3.99. The van der Waals surface area contributed by atoms with E-state index in [1.54, 1.807) is 6.92 Å². The monoisotopic (exact) mass is 307 g/mol. The molecule has 0 unspecified atom stereocenters. The Balaban J connectivity index is 2.57. The van der Waals surface area contributed by atoms with Gasteiger partial charge in [-0.15, -0.1) is 0 Å². The first-order valence-electron chi connectivity index (χ1n) is 6.17. The van der Waals surface area contributed by atoms with Gasteiger partial charge >= 0.3 is 12.1 Å². The molecule has 8 heteroatoms. The van der Waals surface area contributed by atoms with Crippen molar-refractivity contribution in [3.63, 3.8) is 0 Å². The molecule has 21 heavy (non-hydrogen) atoms. The Labute approximate surface area is 119 Å². The highest BCUT2D eigenvalue weighted by Crippen LogP contribution is 2.23. The van der Waals surface area contributed by atoms with E-state index in [1.807, 2.05) is 0 Å². The highest BCUT2D eigenvalue weighted by atomic mass is 19.4. The molecule has 1 aromatic rings. The molecular formula is C13H16F3NO4. The number of hydrogen-bond acceptors (Lipinski definition) is 5. The molecule has 0 amide bonds. The van der Waals surface area contributed by atoms with Crippen LogP contribution in [-0.4, -0.2) is 38.6 Å². The van der Waals surface area contributed by atoms with Crippen LogP contribution in [0.15, 0.2) is 18.2 Å². The van der Waals surface area contributed by atoms with Gasteiger partial charge in [-0.3, -0.25) is 0 Å². The molecule has 0 bridgehead atoms. The average Bonchev–Trinajstić information content (AvgIpc) is 2.37. The first-order valence-corrected chi connectivity index (χ1v) is 6.17. The molecule has 0 fully saturated rings. The van der Waals surface area contributed by atoms with Crippen molar-refractivity contribution in [2.45, 2.75) is 13.1 Å². The lowest BCUT2D eigenvalue weighted by molar-refractivity contribution is -0.175. The van der Waals surface area contributed by atoms with Crippen molar-refractivity contribution in [3.05, 3.63) is 23.8 Å². The van der Waals surface area contributed by atoms with Gasteiger partial charge in [0.15, 0.2) is 0 Å². The highest BCUT2D eigenvalue weighted by molar-refractivity contribution is 5.93. The van der Waals surface area contributed by atoms with Crippen LogP contribution >= 0.6 is 0 Å². The van der Waals surface area contributed by atoms with Gasteiger partial charge in [0.1, 0.15) is 24.5 Å². The number of hydrogen-bond donors (Lipinski definition) is 1. The molecule has 118 valence electrons. The number of nitrogens with two attached hydrogens (primary N) is 1. The van der Waals surface area contributed by atoms with Gasteiger partial charge in [0.05, 0.1) is 13.2 Å². The average molecular weight is 307 g/mol. The minimum Gasteiger partial charge on any atom is -0.490 e. The molecule has 0 atom stereocenters. The fraction of sp³-hybridized carbons (Fsp3) is 0.462. The molecule has 2 N–H and O–H groups in total. The van der Waals surface area contributed by atoms with Crippen LogP contribution in [0, 0.1) is 0 Å². The summed E-state index contributed by atoms with van der Waals surface area (Å²) in [6.07, 6.45) is -4.38. The van der Waals surface area contributed by atoms with Crippen LogP contribution in [0.1, 0.15) is 17.3 Å². The van der Waals surface area contributed by atoms with Crippen LogP contribution in [-0.2, 0) is 9.47 Å². The predicted octanol–water partition coefficient (Wildman–Crippen LogP) is 2.40. The van der Waals surface area contributed by atoms with E-state index in [2.05, 4.69) is 4.74 Å². The molecule has 0 aliphatic rings. The van der Waals surface area contributed by atoms with Crippen molar-refractivity contribution in [1.82, 2.24) is 0 Å². The Morgan fingerprint density at radius 2 is 2.00 bits per heavy atom. The number of anilines is 1. The molecule has 0 spiro atoms. The highest BCUT2D eigenvalue weighted by Gasteiger charge is 2.27. The Morgan fingerprint density at radius 3 is 2.62 bits per heavy atom. The van der Waals surface area contributed by atoms with Crippen LogP contribution in [0.3, 0.4) is 0 Å². The van der Waals surface area contributed by atoms with Crippen LogP contribution in [0.2, 0.25) is 0 Å². The van der Waals surface area contributed by atoms with Crippen molar-refractivity contribution in [2.24, 2.45) is 0 Å². The quantitative estimate of drug-likeness (QED) is 0.476. The maximum atomic E-state index is 11.9. The summed E-state index contributed by atoms with van der Waals surface area (Å²) in [4.78, 5) is 11.7. The second kappa shape index (κ2) is 7.72. The number of esters is 1. The van der Waals surface area contributed by atoms with Crippen molar-refractivity contribution >= 4 is 11.7 Å². The number of carbonyl (C=O) groups excluding carboxylic acids is 1. The Hall–Kier alpha value is -1.96. The molecule has 0 saturated carbocycles. The van der Waals surface area contributed by atoms with E-state index in [9.17, 15) is 18.0 Å². The molecule has 1 rings (SSSR count). The number of halogens is 3. The third-order valence-electron chi connectivity index (χ3n) is 2.25. The number of alkyl halides is 3. The van der Waals surface area contributed by atoms with Crippen LogP contribution in [0.4, 0.5) is 18.9 Å². The Kier molecular flexibility index (Phi) is 6.29. The first-order chi connectivity index (χ1) is 9.83. The van der Waals surface area contributed by atoms with Crippen molar-refractivity contribution in [3.8, 4) is 5.75 Å². The second-order valence-electron chi connectivity index (χ2n) is 3.99. The summed E-state index contributed by atoms with van der Waals surface area (Å²) in [5.74, 6) is -0.451. The molecule has 0 aromatic heterocycles. The summed E-state index contributed by atoms with van der Waals surface area (Å²) in [5.41, 5.74) is 6.09. The zero-order valence-corrected chi connectivity index (χ0v) is 11.4. The third-order valence-corrected chi connectivity index (χ3v) is 2.25. The predicted molar refractivity (Wildman–Crippen MR) is 69.2 cm³/mol. The summed E-state index contributed by atoms with van der Waals surface area (Å²) >= 11 is 0. The molecule has 0 aliphatic carbocycles. The lowest BCUT2D eigenvalue weighted by Gasteiger charge is -2.12. The van der Waals surface area contributed by atoms with E-state index in [4.69, 9.17) is 15.2 Å². The van der Waals surface area contributed by atoms with Crippen LogP contribution in [0.5, 0.6) is 5.75 Å². The molecule has 1 aromatic carbocycles. The third kappa shape index (κ3) is 6.35. The summed E-state index contributed by atoms with van der Waals surface area (Å²) in [5, 5.41) is 0. The maximum Gasteiger partial charge on any atom is 0.411 e. The molecular weight excluding hydrogens is 291 g/mol. The zero-order valence-electron chi connectivity index (χ0n) is 11.4. The number of nitrogen functional groups attached to an aromatic ring is 1. The van der Waals surface area contributed by atoms with E-state index in [0.717, 1.165) is 0 Å². The minimum atomic E-state index is -4.38. The number of carbonyl (C=O) groups is 1. The number of benzene rings is 1. The maximum absolute atomic E-state index is 11.9. The van der Waals surface area contributed by atoms with Gasteiger partial charge in [-0.25, -0.2) is 4.79 Å². The van der Waals surface area contributed by atoms with Gasteiger partial charge in [0.25, 0.3) is 0 Å². The molecule has 5 nitrogen and oxygen atoms in total. The fourth-order valence-corrected chi connectivity index (χ4v) is 1.43. The SMILES string of the molecule is CCOC(=O)c1ccc(N)cc1OCCOCC(F)(F)F. The normalized spacial score (nSPS) is 11.2. The Morgan fingerprint density at radius 1 is 1.29 bits per heavy atom. The first kappa shape index (κ1) is 17.1. The molecule has 0 aliphatic heterocycles. The van der Waals surface area contributed by atoms with Gasteiger partial charge in [-0.2, -0.15) is 13.2 Å². The van der Waals surface area contributed by atoms with E-state index in [-0.39, 0.29) is 31.1 Å². The summed E-state index contributed by atoms with van der Waals surface area (Å²) in [6, 6.07) is 4.33. The van der Waals surface area contributed by atoms with Gasteiger partial charge in [0.2, 0.25) is 0 Å². The summed E-state index contributed by atoms with van der Waals surface area (Å²) < 4.78 is 50.1. The smallest absolute Gasteiger partial charge is 0.411 e. The van der Waals surface area contributed by atoms with Gasteiger partial charge in [0, 0.05) is 11.8 Å². The molecule has 0 saturated heterocycles. The fourth-order valence-electron chi connectivity index (χ4n) is 1.43. The van der Waals surface area contributed by atoms with Crippen molar-refractivity contribution in [1.29, 1.82) is 0 Å². The Bertz CT molecular complexity index is 477. The zero-order chi connectivity index (χ0) is 15.9. The lowest BCUT2D eigenvalue weighted by atomic mass is 10.2. The van der Waals surface area contributed by atoms with E-state index in [0.29, 0.717) is 5.69 Å². The standard InChI is InChI=1S/C13H16F3NO4/c1-2-20-12(18)10-4-3-9(17)7-11(10)21-6-5-19-8-13(14,15)16/h3-4,7H,2,5-6,8,17H2,1H3. The number of rotatable bonds is 7. The summed E-state index contributed by atoms with van der Waals surface area (Å²) in [7, 11) is 0.